The van der Waals surface area contributed by atoms with Gasteiger partial charge in [0.15, 0.2) is 0 Å². The van der Waals surface area contributed by atoms with Gasteiger partial charge < -0.3 is 15.1 Å². The molecule has 0 saturated carbocycles. The average Bonchev–Trinajstić information content (AvgIpc) is 3.21. The van der Waals surface area contributed by atoms with E-state index >= 15 is 0 Å². The van der Waals surface area contributed by atoms with Gasteiger partial charge in [-0.1, -0.05) is 23.7 Å². The van der Waals surface area contributed by atoms with Gasteiger partial charge in [0.1, 0.15) is 5.82 Å². The Bertz CT molecular complexity index is 794. The molecule has 6 nitrogen and oxygen atoms in total. The Hall–Kier alpha value is -2.34. The van der Waals surface area contributed by atoms with Crippen LogP contribution in [0.25, 0.3) is 11.3 Å². The minimum absolute atomic E-state index is 0.0538. The molecule has 7 heteroatoms. The molecular formula is C20H24ClN5O. The number of nitrogens with zero attached hydrogens (tertiary/aromatic N) is 4. The molecule has 2 atom stereocenters. The number of hydrogen-bond donors (Lipinski definition) is 1. The van der Waals surface area contributed by atoms with Gasteiger partial charge in [-0.05, 0) is 26.0 Å². The number of anilines is 1. The van der Waals surface area contributed by atoms with Gasteiger partial charge >= 0.3 is 6.03 Å². The number of aromatic nitrogens is 2. The van der Waals surface area contributed by atoms with Crippen molar-refractivity contribution in [2.45, 2.75) is 19.9 Å². The van der Waals surface area contributed by atoms with Crippen LogP contribution in [0.2, 0.25) is 5.02 Å². The molecule has 1 aromatic heterocycles. The van der Waals surface area contributed by atoms with Crippen LogP contribution in [0, 0.1) is 11.8 Å². The molecule has 3 heterocycles. The molecule has 1 N–H and O–H groups in total. The second-order valence-electron chi connectivity index (χ2n) is 7.70. The van der Waals surface area contributed by atoms with Gasteiger partial charge in [0.2, 0.25) is 0 Å². The number of nitrogens with one attached hydrogen (secondary N) is 1. The highest BCUT2D eigenvalue weighted by Crippen LogP contribution is 2.33. The van der Waals surface area contributed by atoms with Crippen LogP contribution < -0.4 is 10.2 Å². The van der Waals surface area contributed by atoms with Crippen LogP contribution in [0.3, 0.4) is 0 Å². The van der Waals surface area contributed by atoms with Crippen molar-refractivity contribution in [3.8, 4) is 11.3 Å². The Balaban J connectivity index is 1.38. The maximum atomic E-state index is 12.2. The molecule has 2 saturated heterocycles. The number of fused-ring (bicyclic) bond motifs is 1. The van der Waals surface area contributed by atoms with Gasteiger partial charge in [-0.15, -0.1) is 0 Å². The van der Waals surface area contributed by atoms with Crippen molar-refractivity contribution in [3.05, 3.63) is 41.7 Å². The molecule has 1 aromatic carbocycles. The molecule has 2 aliphatic rings. The van der Waals surface area contributed by atoms with E-state index < -0.39 is 0 Å². The summed E-state index contributed by atoms with van der Waals surface area (Å²) in [5.41, 5.74) is 1.84. The van der Waals surface area contributed by atoms with E-state index in [2.05, 4.69) is 20.2 Å². The van der Waals surface area contributed by atoms with Crippen LogP contribution in [0.15, 0.2) is 36.7 Å². The van der Waals surface area contributed by atoms with Crippen molar-refractivity contribution in [2.75, 3.05) is 31.1 Å². The number of urea groups is 1. The number of carbonyl (C=O) groups is 1. The number of carbonyl (C=O) groups excluding carboxylic acids is 1. The molecule has 2 fully saturated rings. The van der Waals surface area contributed by atoms with Crippen molar-refractivity contribution in [3.63, 3.8) is 0 Å². The third kappa shape index (κ3) is 3.86. The fourth-order valence-corrected chi connectivity index (χ4v) is 4.06. The normalized spacial score (nSPS) is 21.6. The first kappa shape index (κ1) is 18.0. The molecule has 142 valence electrons. The predicted octanol–water partition coefficient (Wildman–Crippen LogP) is 3.28. The molecule has 0 spiro atoms. The number of likely N-dealkylation sites (tertiary alicyclic amines) is 1. The molecular weight excluding hydrogens is 362 g/mol. The molecule has 0 aliphatic carbocycles. The summed E-state index contributed by atoms with van der Waals surface area (Å²) in [6.45, 7) is 7.45. The largest absolute Gasteiger partial charge is 0.355 e. The third-order valence-electron chi connectivity index (χ3n) is 5.29. The molecule has 0 bridgehead atoms. The highest BCUT2D eigenvalue weighted by atomic mass is 35.5. The van der Waals surface area contributed by atoms with Crippen molar-refractivity contribution in [1.82, 2.24) is 20.2 Å². The maximum Gasteiger partial charge on any atom is 0.317 e. The van der Waals surface area contributed by atoms with Crippen LogP contribution in [0.1, 0.15) is 13.8 Å². The molecule has 27 heavy (non-hydrogen) atoms. The Morgan fingerprint density at radius 2 is 1.74 bits per heavy atom. The molecule has 0 radical (unpaired) electrons. The third-order valence-corrected chi connectivity index (χ3v) is 5.54. The lowest BCUT2D eigenvalue weighted by Gasteiger charge is -2.23. The van der Waals surface area contributed by atoms with Crippen molar-refractivity contribution < 1.29 is 4.79 Å². The fraction of sp³-hybridized carbons (Fsp3) is 0.450. The summed E-state index contributed by atoms with van der Waals surface area (Å²) in [5.74, 6) is 1.90. The number of halogens is 1. The highest BCUT2D eigenvalue weighted by molar-refractivity contribution is 6.30. The summed E-state index contributed by atoms with van der Waals surface area (Å²) in [7, 11) is 0. The van der Waals surface area contributed by atoms with Crippen LogP contribution >= 0.6 is 11.6 Å². The van der Waals surface area contributed by atoms with Gasteiger partial charge in [0, 0.05) is 54.6 Å². The number of benzene rings is 1. The number of hydrogen-bond acceptors (Lipinski definition) is 4. The van der Waals surface area contributed by atoms with Crippen molar-refractivity contribution in [1.29, 1.82) is 0 Å². The molecule has 2 amide bonds. The summed E-state index contributed by atoms with van der Waals surface area (Å²) in [4.78, 5) is 25.6. The van der Waals surface area contributed by atoms with Crippen molar-refractivity contribution in [2.24, 2.45) is 11.8 Å². The number of rotatable bonds is 3. The second-order valence-corrected chi connectivity index (χ2v) is 8.14. The fourth-order valence-electron chi connectivity index (χ4n) is 3.94. The topological polar surface area (TPSA) is 61.4 Å². The summed E-state index contributed by atoms with van der Waals surface area (Å²) < 4.78 is 0. The Kier molecular flexibility index (Phi) is 4.91. The predicted molar refractivity (Wildman–Crippen MR) is 107 cm³/mol. The first-order chi connectivity index (χ1) is 13.0. The summed E-state index contributed by atoms with van der Waals surface area (Å²) in [6, 6.07) is 7.83. The highest BCUT2D eigenvalue weighted by Gasteiger charge is 2.42. The van der Waals surface area contributed by atoms with E-state index in [-0.39, 0.29) is 12.1 Å². The van der Waals surface area contributed by atoms with Crippen LogP contribution in [-0.2, 0) is 0 Å². The maximum absolute atomic E-state index is 12.2. The van der Waals surface area contributed by atoms with E-state index in [9.17, 15) is 4.79 Å². The lowest BCUT2D eigenvalue weighted by Crippen LogP contribution is -2.43. The monoisotopic (exact) mass is 385 g/mol. The van der Waals surface area contributed by atoms with E-state index in [1.807, 2.05) is 55.4 Å². The van der Waals surface area contributed by atoms with Gasteiger partial charge in [0.25, 0.3) is 0 Å². The van der Waals surface area contributed by atoms with Gasteiger partial charge in [-0.2, -0.15) is 0 Å². The first-order valence-corrected chi connectivity index (χ1v) is 9.76. The zero-order chi connectivity index (χ0) is 19.0. The minimum atomic E-state index is 0.0538. The van der Waals surface area contributed by atoms with E-state index in [1.54, 1.807) is 0 Å². The molecule has 2 aromatic rings. The average molecular weight is 386 g/mol. The molecule has 2 unspecified atom stereocenters. The van der Waals surface area contributed by atoms with E-state index in [1.165, 1.54) is 0 Å². The smallest absolute Gasteiger partial charge is 0.317 e. The molecule has 2 aliphatic heterocycles. The SMILES string of the molecule is CC(C)NC(=O)N1CC2CN(c3cnc(-c4ccc(Cl)cc4)cn3)CC2C1. The lowest BCUT2D eigenvalue weighted by molar-refractivity contribution is 0.203. The van der Waals surface area contributed by atoms with Gasteiger partial charge in [-0.3, -0.25) is 4.98 Å². The van der Waals surface area contributed by atoms with Crippen molar-refractivity contribution >= 4 is 23.4 Å². The Morgan fingerprint density at radius 1 is 1.07 bits per heavy atom. The van der Waals surface area contributed by atoms with Crippen LogP contribution in [-0.4, -0.2) is 53.1 Å². The van der Waals surface area contributed by atoms with Crippen LogP contribution in [0.4, 0.5) is 10.6 Å². The zero-order valence-electron chi connectivity index (χ0n) is 15.6. The summed E-state index contributed by atoms with van der Waals surface area (Å²) in [5, 5.41) is 3.70. The zero-order valence-corrected chi connectivity index (χ0v) is 16.4. The second kappa shape index (κ2) is 7.35. The standard InChI is InChI=1S/C20H24ClN5O/c1-13(2)24-20(27)26-11-15-9-25(10-16(15)12-26)19-8-22-18(7-23-19)14-3-5-17(21)6-4-14/h3-8,13,15-16H,9-12H2,1-2H3,(H,24,27). The first-order valence-electron chi connectivity index (χ1n) is 9.38. The quantitative estimate of drug-likeness (QED) is 0.880. The van der Waals surface area contributed by atoms with Gasteiger partial charge in [-0.25, -0.2) is 9.78 Å². The Labute approximate surface area is 164 Å². The molecule has 4 rings (SSSR count). The van der Waals surface area contributed by atoms with Gasteiger partial charge in [0.05, 0.1) is 18.1 Å². The van der Waals surface area contributed by atoms with E-state index in [0.717, 1.165) is 43.3 Å². The summed E-state index contributed by atoms with van der Waals surface area (Å²) >= 11 is 5.94. The van der Waals surface area contributed by atoms with Crippen LogP contribution in [0.5, 0.6) is 0 Å². The van der Waals surface area contributed by atoms with E-state index in [0.29, 0.717) is 16.9 Å². The summed E-state index contributed by atoms with van der Waals surface area (Å²) in [6.07, 6.45) is 3.66. The van der Waals surface area contributed by atoms with E-state index in [4.69, 9.17) is 11.6 Å². The lowest BCUT2D eigenvalue weighted by atomic mass is 10.0. The Morgan fingerprint density at radius 3 is 2.30 bits per heavy atom. The minimum Gasteiger partial charge on any atom is -0.355 e. The number of amides is 2.